The van der Waals surface area contributed by atoms with Gasteiger partial charge in [0.1, 0.15) is 0 Å². The minimum absolute atomic E-state index is 0.0996. The second-order valence-corrected chi connectivity index (χ2v) is 6.27. The number of aryl methyl sites for hydroxylation is 1. The van der Waals surface area contributed by atoms with Crippen molar-refractivity contribution >= 4 is 23.5 Å². The van der Waals surface area contributed by atoms with Gasteiger partial charge in [-0.05, 0) is 24.6 Å². The number of aromatic nitrogens is 2. The molecule has 1 aliphatic rings. The van der Waals surface area contributed by atoms with Gasteiger partial charge in [0.2, 0.25) is 5.91 Å². The summed E-state index contributed by atoms with van der Waals surface area (Å²) in [6.07, 6.45) is 3.48. The van der Waals surface area contributed by atoms with Crippen molar-refractivity contribution in [3.63, 3.8) is 0 Å². The molecule has 1 aliphatic heterocycles. The standard InChI is InChI=1S/C17H20N6O2/c1-17(10-13(24)23(3)16(18)21-17)11-5-4-6-12(9-11)20-15(25)14-19-7-8-22(14)2/h4-9H,10H2,1-3H3,(H2,18,21)(H,20,25). The summed E-state index contributed by atoms with van der Waals surface area (Å²) in [5.74, 6) is 0.0873. The highest BCUT2D eigenvalue weighted by Gasteiger charge is 2.36. The van der Waals surface area contributed by atoms with Crippen LogP contribution in [0.4, 0.5) is 5.69 Å². The molecule has 8 heteroatoms. The number of hydrogen-bond donors (Lipinski definition) is 2. The predicted octanol–water partition coefficient (Wildman–Crippen LogP) is 1.06. The summed E-state index contributed by atoms with van der Waals surface area (Å²) in [7, 11) is 3.35. The number of nitrogens with two attached hydrogens (primary N) is 1. The number of aliphatic imine (C=N–C) groups is 1. The van der Waals surface area contributed by atoms with Gasteiger partial charge in [-0.15, -0.1) is 0 Å². The first kappa shape index (κ1) is 16.7. The number of amides is 2. The molecule has 1 unspecified atom stereocenters. The normalized spacial score (nSPS) is 20.4. The topological polar surface area (TPSA) is 106 Å². The summed E-state index contributed by atoms with van der Waals surface area (Å²) < 4.78 is 1.64. The van der Waals surface area contributed by atoms with E-state index in [2.05, 4.69) is 15.3 Å². The maximum atomic E-state index is 12.3. The summed E-state index contributed by atoms with van der Waals surface area (Å²) >= 11 is 0. The first-order valence-corrected chi connectivity index (χ1v) is 7.81. The smallest absolute Gasteiger partial charge is 0.291 e. The van der Waals surface area contributed by atoms with Crippen LogP contribution < -0.4 is 11.1 Å². The fraction of sp³-hybridized carbons (Fsp3) is 0.294. The van der Waals surface area contributed by atoms with E-state index in [4.69, 9.17) is 5.73 Å². The Balaban J connectivity index is 1.88. The number of nitrogens with one attached hydrogen (secondary N) is 1. The highest BCUT2D eigenvalue weighted by molar-refractivity contribution is 6.02. The first-order valence-electron chi connectivity index (χ1n) is 7.81. The number of guanidine groups is 1. The van der Waals surface area contributed by atoms with Gasteiger partial charge in [-0.3, -0.25) is 14.5 Å². The van der Waals surface area contributed by atoms with Gasteiger partial charge in [-0.1, -0.05) is 12.1 Å². The van der Waals surface area contributed by atoms with Crippen molar-refractivity contribution in [3.05, 3.63) is 48.0 Å². The summed E-state index contributed by atoms with van der Waals surface area (Å²) in [5, 5.41) is 2.82. The van der Waals surface area contributed by atoms with Crippen LogP contribution in [0.1, 0.15) is 29.5 Å². The Morgan fingerprint density at radius 1 is 1.36 bits per heavy atom. The molecule has 130 valence electrons. The van der Waals surface area contributed by atoms with Gasteiger partial charge in [0.15, 0.2) is 11.8 Å². The lowest BCUT2D eigenvalue weighted by molar-refractivity contribution is -0.128. The molecule has 3 rings (SSSR count). The van der Waals surface area contributed by atoms with Gasteiger partial charge in [0.05, 0.1) is 12.0 Å². The molecule has 0 radical (unpaired) electrons. The molecule has 0 saturated heterocycles. The minimum atomic E-state index is -0.766. The number of carbonyl (C=O) groups excluding carboxylic acids is 2. The molecular formula is C17H20N6O2. The number of rotatable bonds is 3. The summed E-state index contributed by atoms with van der Waals surface area (Å²) in [6.45, 7) is 1.85. The third-order valence-corrected chi connectivity index (χ3v) is 4.34. The average molecular weight is 340 g/mol. The number of anilines is 1. The van der Waals surface area contributed by atoms with Crippen molar-refractivity contribution < 1.29 is 9.59 Å². The van der Waals surface area contributed by atoms with Gasteiger partial charge < -0.3 is 15.6 Å². The molecule has 1 aromatic heterocycles. The van der Waals surface area contributed by atoms with E-state index in [1.165, 1.54) is 4.90 Å². The number of benzene rings is 1. The molecule has 2 aromatic rings. The summed E-state index contributed by atoms with van der Waals surface area (Å²) in [6, 6.07) is 7.25. The third kappa shape index (κ3) is 3.10. The van der Waals surface area contributed by atoms with Gasteiger partial charge in [-0.2, -0.15) is 0 Å². The first-order chi connectivity index (χ1) is 11.8. The van der Waals surface area contributed by atoms with Crippen LogP contribution in [0.25, 0.3) is 0 Å². The number of carbonyl (C=O) groups is 2. The molecule has 0 saturated carbocycles. The number of imidazole rings is 1. The van der Waals surface area contributed by atoms with E-state index in [9.17, 15) is 9.59 Å². The van der Waals surface area contributed by atoms with E-state index in [0.29, 0.717) is 11.5 Å². The summed E-state index contributed by atoms with van der Waals surface area (Å²) in [4.78, 5) is 34.3. The van der Waals surface area contributed by atoms with Gasteiger partial charge in [0.25, 0.3) is 5.91 Å². The van der Waals surface area contributed by atoms with E-state index in [1.807, 2.05) is 19.1 Å². The third-order valence-electron chi connectivity index (χ3n) is 4.34. The zero-order valence-corrected chi connectivity index (χ0v) is 14.4. The molecular weight excluding hydrogens is 320 g/mol. The van der Waals surface area contributed by atoms with Crippen LogP contribution >= 0.6 is 0 Å². The minimum Gasteiger partial charge on any atom is -0.369 e. The molecule has 2 heterocycles. The highest BCUT2D eigenvalue weighted by atomic mass is 16.2. The molecule has 2 amide bonds. The van der Waals surface area contributed by atoms with E-state index >= 15 is 0 Å². The van der Waals surface area contributed by atoms with Crippen molar-refractivity contribution in [2.24, 2.45) is 17.8 Å². The van der Waals surface area contributed by atoms with Crippen molar-refractivity contribution in [1.29, 1.82) is 0 Å². The van der Waals surface area contributed by atoms with E-state index in [1.54, 1.807) is 43.2 Å². The Kier molecular flexibility index (Phi) is 4.03. The zero-order valence-electron chi connectivity index (χ0n) is 14.4. The molecule has 1 atom stereocenters. The Morgan fingerprint density at radius 2 is 2.12 bits per heavy atom. The fourth-order valence-corrected chi connectivity index (χ4v) is 2.78. The Labute approximate surface area is 145 Å². The van der Waals surface area contributed by atoms with Crippen molar-refractivity contribution in [1.82, 2.24) is 14.5 Å². The fourth-order valence-electron chi connectivity index (χ4n) is 2.78. The maximum absolute atomic E-state index is 12.3. The monoisotopic (exact) mass is 340 g/mol. The quantitative estimate of drug-likeness (QED) is 0.871. The molecule has 0 spiro atoms. The number of nitrogens with zero attached hydrogens (tertiary/aromatic N) is 4. The van der Waals surface area contributed by atoms with Crippen LogP contribution in [-0.2, 0) is 17.4 Å². The van der Waals surface area contributed by atoms with Gasteiger partial charge >= 0.3 is 0 Å². The predicted molar refractivity (Wildman–Crippen MR) is 94.0 cm³/mol. The molecule has 0 aliphatic carbocycles. The van der Waals surface area contributed by atoms with Gasteiger partial charge in [-0.25, -0.2) is 9.98 Å². The Bertz CT molecular complexity index is 872. The Morgan fingerprint density at radius 3 is 2.76 bits per heavy atom. The zero-order chi connectivity index (χ0) is 18.2. The van der Waals surface area contributed by atoms with Crippen LogP contribution in [0.15, 0.2) is 41.7 Å². The SMILES string of the molecule is CN1C(=O)CC(C)(c2cccc(NC(=O)c3nccn3C)c2)N=C1N. The molecule has 8 nitrogen and oxygen atoms in total. The molecule has 25 heavy (non-hydrogen) atoms. The van der Waals surface area contributed by atoms with Crippen LogP contribution in [0, 0.1) is 0 Å². The average Bonchev–Trinajstić information content (AvgIpc) is 2.99. The van der Waals surface area contributed by atoms with E-state index < -0.39 is 5.54 Å². The molecule has 0 fully saturated rings. The maximum Gasteiger partial charge on any atom is 0.291 e. The van der Waals surface area contributed by atoms with Crippen molar-refractivity contribution in [2.75, 3.05) is 12.4 Å². The molecule has 0 bridgehead atoms. The number of hydrogen-bond acceptors (Lipinski definition) is 5. The molecule has 3 N–H and O–H groups in total. The van der Waals surface area contributed by atoms with Crippen molar-refractivity contribution in [3.8, 4) is 0 Å². The van der Waals surface area contributed by atoms with E-state index in [-0.39, 0.29) is 24.2 Å². The van der Waals surface area contributed by atoms with Crippen LogP contribution in [-0.4, -0.2) is 39.3 Å². The van der Waals surface area contributed by atoms with Crippen LogP contribution in [0.3, 0.4) is 0 Å². The Hall–Kier alpha value is -3.16. The van der Waals surface area contributed by atoms with Crippen LogP contribution in [0.2, 0.25) is 0 Å². The highest BCUT2D eigenvalue weighted by Crippen LogP contribution is 2.34. The lowest BCUT2D eigenvalue weighted by Crippen LogP contribution is -2.47. The van der Waals surface area contributed by atoms with E-state index in [0.717, 1.165) is 5.56 Å². The largest absolute Gasteiger partial charge is 0.369 e. The summed E-state index contributed by atoms with van der Waals surface area (Å²) in [5.41, 5.74) is 6.49. The molecule has 1 aromatic carbocycles. The second-order valence-electron chi connectivity index (χ2n) is 6.27. The van der Waals surface area contributed by atoms with Gasteiger partial charge in [0, 0.05) is 32.2 Å². The van der Waals surface area contributed by atoms with Crippen LogP contribution in [0.5, 0.6) is 0 Å². The van der Waals surface area contributed by atoms with Crippen molar-refractivity contribution in [2.45, 2.75) is 18.9 Å². The lowest BCUT2D eigenvalue weighted by atomic mass is 9.87. The lowest BCUT2D eigenvalue weighted by Gasteiger charge is -2.33. The second kappa shape index (κ2) is 6.04.